The summed E-state index contributed by atoms with van der Waals surface area (Å²) < 4.78 is 39.9. The van der Waals surface area contributed by atoms with Crippen molar-refractivity contribution in [2.24, 2.45) is 0 Å². The van der Waals surface area contributed by atoms with Gasteiger partial charge in [0.15, 0.2) is 0 Å². The Kier molecular flexibility index (Phi) is 5.75. The molecular formula is C24H23F3N2OS. The van der Waals surface area contributed by atoms with Gasteiger partial charge in [-0.15, -0.1) is 11.8 Å². The summed E-state index contributed by atoms with van der Waals surface area (Å²) in [5.41, 5.74) is 0.452. The number of anilines is 1. The van der Waals surface area contributed by atoms with Crippen LogP contribution in [0.3, 0.4) is 0 Å². The lowest BCUT2D eigenvalue weighted by atomic mass is 10.0. The highest BCUT2D eigenvalue weighted by Gasteiger charge is 2.40. The molecule has 3 nitrogen and oxygen atoms in total. The van der Waals surface area contributed by atoms with Gasteiger partial charge in [-0.2, -0.15) is 13.2 Å². The molecule has 31 heavy (non-hydrogen) atoms. The number of carbonyl (C=O) groups is 1. The van der Waals surface area contributed by atoms with Crippen LogP contribution in [0, 0.1) is 0 Å². The van der Waals surface area contributed by atoms with Crippen LogP contribution in [-0.2, 0) is 11.0 Å². The van der Waals surface area contributed by atoms with E-state index in [0.29, 0.717) is 12.0 Å². The Bertz CT molecular complexity index is 1130. The summed E-state index contributed by atoms with van der Waals surface area (Å²) in [6, 6.07) is 16.9. The minimum Gasteiger partial charge on any atom is -0.293 e. The third kappa shape index (κ3) is 3.92. The molecule has 2 unspecified atom stereocenters. The summed E-state index contributed by atoms with van der Waals surface area (Å²) in [5.74, 6) is -0.200. The third-order valence-corrected chi connectivity index (χ3v) is 6.88. The first kappa shape index (κ1) is 21.7. The van der Waals surface area contributed by atoms with E-state index in [0.717, 1.165) is 33.5 Å². The second kappa shape index (κ2) is 8.20. The van der Waals surface area contributed by atoms with Crippen LogP contribution < -0.4 is 4.90 Å². The summed E-state index contributed by atoms with van der Waals surface area (Å²) in [6.45, 7) is 2.00. The molecule has 0 saturated heterocycles. The van der Waals surface area contributed by atoms with Crippen LogP contribution in [-0.4, -0.2) is 31.1 Å². The van der Waals surface area contributed by atoms with Crippen LogP contribution in [0.4, 0.5) is 18.9 Å². The molecule has 162 valence electrons. The second-order valence-corrected chi connectivity index (χ2v) is 8.96. The van der Waals surface area contributed by atoms with Gasteiger partial charge in [0, 0.05) is 10.3 Å². The smallest absolute Gasteiger partial charge is 0.293 e. The van der Waals surface area contributed by atoms with Crippen LogP contribution in [0.2, 0.25) is 0 Å². The van der Waals surface area contributed by atoms with E-state index >= 15 is 0 Å². The average molecular weight is 445 g/mol. The number of thioether (sulfide) groups is 1. The molecule has 1 aliphatic rings. The molecule has 1 heterocycles. The predicted molar refractivity (Wildman–Crippen MR) is 119 cm³/mol. The van der Waals surface area contributed by atoms with Crippen molar-refractivity contribution in [2.75, 3.05) is 19.0 Å². The van der Waals surface area contributed by atoms with Crippen LogP contribution in [0.1, 0.15) is 29.7 Å². The Balaban J connectivity index is 1.90. The maximum Gasteiger partial charge on any atom is 0.416 e. The molecule has 0 fully saturated rings. The number of nitrogens with zero attached hydrogens (tertiary/aromatic N) is 2. The third-order valence-electron chi connectivity index (χ3n) is 5.59. The monoisotopic (exact) mass is 444 g/mol. The maximum absolute atomic E-state index is 13.8. The number of hydrogen-bond acceptors (Lipinski definition) is 3. The van der Waals surface area contributed by atoms with Crippen molar-refractivity contribution in [3.8, 4) is 0 Å². The van der Waals surface area contributed by atoms with Crippen LogP contribution >= 0.6 is 11.8 Å². The number of fused-ring (bicyclic) bond motifs is 3. The zero-order valence-electron chi connectivity index (χ0n) is 17.5. The van der Waals surface area contributed by atoms with Crippen molar-refractivity contribution < 1.29 is 18.0 Å². The normalized spacial score (nSPS) is 17.8. The number of hydrogen-bond donors (Lipinski definition) is 0. The number of benzene rings is 3. The molecule has 0 N–H and O–H groups in total. The fourth-order valence-electron chi connectivity index (χ4n) is 4.16. The predicted octanol–water partition coefficient (Wildman–Crippen LogP) is 6.34. The molecule has 4 rings (SSSR count). The van der Waals surface area contributed by atoms with E-state index in [-0.39, 0.29) is 12.1 Å². The molecule has 0 radical (unpaired) electrons. The van der Waals surface area contributed by atoms with Crippen molar-refractivity contribution in [3.05, 3.63) is 71.8 Å². The Morgan fingerprint density at radius 3 is 2.48 bits per heavy atom. The van der Waals surface area contributed by atoms with Gasteiger partial charge in [0.05, 0.1) is 17.4 Å². The summed E-state index contributed by atoms with van der Waals surface area (Å²) in [6.07, 6.45) is -3.99. The van der Waals surface area contributed by atoms with Gasteiger partial charge in [0.1, 0.15) is 5.25 Å². The zero-order chi connectivity index (χ0) is 22.3. The summed E-state index contributed by atoms with van der Waals surface area (Å²) in [5, 5.41) is 1.24. The minimum absolute atomic E-state index is 0.200. The number of halogens is 3. The SMILES string of the molecule is CCC(N(C)C)N1C(=O)C(c2cccc(C(F)(F)F)c2)Sc2ccc3ccccc3c21. The molecule has 0 bridgehead atoms. The second-order valence-electron chi connectivity index (χ2n) is 7.82. The molecule has 1 amide bonds. The molecule has 1 aliphatic heterocycles. The number of alkyl halides is 3. The van der Waals surface area contributed by atoms with E-state index in [1.54, 1.807) is 11.0 Å². The largest absolute Gasteiger partial charge is 0.416 e. The lowest BCUT2D eigenvalue weighted by Crippen LogP contribution is -2.51. The molecular weight excluding hydrogens is 421 g/mol. The van der Waals surface area contributed by atoms with Crippen molar-refractivity contribution >= 4 is 34.1 Å². The van der Waals surface area contributed by atoms with Crippen molar-refractivity contribution in [1.82, 2.24) is 4.90 Å². The highest BCUT2D eigenvalue weighted by molar-refractivity contribution is 8.00. The van der Waals surface area contributed by atoms with E-state index in [1.807, 2.05) is 62.3 Å². The van der Waals surface area contributed by atoms with Gasteiger partial charge in [-0.1, -0.05) is 55.5 Å². The highest BCUT2D eigenvalue weighted by atomic mass is 32.2. The lowest BCUT2D eigenvalue weighted by molar-refractivity contribution is -0.137. The lowest BCUT2D eigenvalue weighted by Gasteiger charge is -2.42. The number of carbonyl (C=O) groups excluding carboxylic acids is 1. The van der Waals surface area contributed by atoms with Gasteiger partial charge in [0.2, 0.25) is 5.91 Å². The Labute approximate surface area is 183 Å². The van der Waals surface area contributed by atoms with E-state index < -0.39 is 17.0 Å². The number of rotatable bonds is 4. The molecule has 3 aromatic carbocycles. The van der Waals surface area contributed by atoms with Gasteiger partial charge >= 0.3 is 6.18 Å². The average Bonchev–Trinajstić information content (AvgIpc) is 2.74. The molecule has 0 aliphatic carbocycles. The van der Waals surface area contributed by atoms with Crippen LogP contribution in [0.15, 0.2) is 65.6 Å². The van der Waals surface area contributed by atoms with E-state index in [9.17, 15) is 18.0 Å². The molecule has 0 saturated carbocycles. The Hall–Kier alpha value is -2.51. The van der Waals surface area contributed by atoms with Crippen LogP contribution in [0.25, 0.3) is 10.8 Å². The quantitative estimate of drug-likeness (QED) is 0.469. The maximum atomic E-state index is 13.8. The van der Waals surface area contributed by atoms with Crippen molar-refractivity contribution in [3.63, 3.8) is 0 Å². The fourth-order valence-corrected chi connectivity index (χ4v) is 5.37. The van der Waals surface area contributed by atoms with Crippen LogP contribution in [0.5, 0.6) is 0 Å². The molecule has 0 aromatic heterocycles. The van der Waals surface area contributed by atoms with Gasteiger partial charge in [-0.05, 0) is 43.6 Å². The summed E-state index contributed by atoms with van der Waals surface area (Å²) in [4.78, 5) is 18.4. The molecule has 0 spiro atoms. The molecule has 2 atom stereocenters. The Morgan fingerprint density at radius 2 is 1.81 bits per heavy atom. The van der Waals surface area contributed by atoms with Gasteiger partial charge in [0.25, 0.3) is 0 Å². The first-order valence-corrected chi connectivity index (χ1v) is 11.0. The first-order chi connectivity index (χ1) is 14.7. The van der Waals surface area contributed by atoms with Gasteiger partial charge in [-0.25, -0.2) is 0 Å². The van der Waals surface area contributed by atoms with E-state index in [4.69, 9.17) is 0 Å². The van der Waals surface area contributed by atoms with E-state index in [2.05, 4.69) is 0 Å². The standard InChI is InChI=1S/C24H23F3N2OS/c1-4-20(28(2)3)29-21-18-11-6-5-8-15(18)12-13-19(21)31-22(23(29)30)16-9-7-10-17(14-16)24(25,26)27/h5-14,20,22H,4H2,1-3H3. The topological polar surface area (TPSA) is 23.6 Å². The van der Waals surface area contributed by atoms with Gasteiger partial charge < -0.3 is 0 Å². The first-order valence-electron chi connectivity index (χ1n) is 10.1. The number of amides is 1. The van der Waals surface area contributed by atoms with Gasteiger partial charge in [-0.3, -0.25) is 14.6 Å². The molecule has 7 heteroatoms. The molecule has 3 aromatic rings. The van der Waals surface area contributed by atoms with E-state index in [1.165, 1.54) is 17.8 Å². The summed E-state index contributed by atoms with van der Waals surface area (Å²) in [7, 11) is 3.82. The van der Waals surface area contributed by atoms with Crippen molar-refractivity contribution in [1.29, 1.82) is 0 Å². The fraction of sp³-hybridized carbons (Fsp3) is 0.292. The minimum atomic E-state index is -4.46. The highest BCUT2D eigenvalue weighted by Crippen LogP contribution is 2.50. The Morgan fingerprint density at radius 1 is 1.06 bits per heavy atom. The summed E-state index contributed by atoms with van der Waals surface area (Å²) >= 11 is 1.32. The van der Waals surface area contributed by atoms with Crippen molar-refractivity contribution in [2.45, 2.75) is 35.8 Å². The zero-order valence-corrected chi connectivity index (χ0v) is 18.3.